The molecular formula is C22H26N2O3S. The highest BCUT2D eigenvalue weighted by atomic mass is 32.2. The fourth-order valence-corrected chi connectivity index (χ4v) is 3.61. The summed E-state index contributed by atoms with van der Waals surface area (Å²) in [5, 5.41) is 2.78. The van der Waals surface area contributed by atoms with Crippen molar-refractivity contribution in [2.45, 2.75) is 44.8 Å². The molecule has 2 amide bonds. The molecule has 6 heteroatoms. The number of rotatable bonds is 5. The van der Waals surface area contributed by atoms with Gasteiger partial charge in [0.25, 0.3) is 5.91 Å². The molecule has 0 aliphatic heterocycles. The molecule has 1 aliphatic rings. The van der Waals surface area contributed by atoms with Crippen LogP contribution in [0.3, 0.4) is 0 Å². The van der Waals surface area contributed by atoms with Crippen molar-refractivity contribution in [3.8, 4) is 11.1 Å². The normalized spacial score (nSPS) is 14.9. The summed E-state index contributed by atoms with van der Waals surface area (Å²) in [6.45, 7) is 5.41. The number of benzene rings is 2. The molecule has 3 rings (SSSR count). The molecule has 1 N–H and O–H groups in total. The molecule has 1 saturated carbocycles. The number of nitrogens with zero attached hydrogens (tertiary/aromatic N) is 1. The van der Waals surface area contributed by atoms with Gasteiger partial charge in [-0.2, -0.15) is 0 Å². The second-order valence-corrected chi connectivity index (χ2v) is 8.63. The van der Waals surface area contributed by atoms with E-state index in [9.17, 15) is 9.59 Å². The number of nitrogens with one attached hydrogen (secondary N) is 1. The summed E-state index contributed by atoms with van der Waals surface area (Å²) in [5.41, 5.74) is 1.53. The van der Waals surface area contributed by atoms with E-state index in [4.69, 9.17) is 4.74 Å². The zero-order valence-electron chi connectivity index (χ0n) is 16.7. The standard InChI is InChI=1S/C22H26N2O3S/c1-21(2,3)27-20(26)23-22(14-15-22)19(25)24(28-4)18-12-10-17(11-13-18)16-8-6-5-7-9-16/h5-13H,14-15H2,1-4H3,(H,23,26). The Bertz CT molecular complexity index is 840. The van der Waals surface area contributed by atoms with Crippen LogP contribution in [0.15, 0.2) is 54.6 Å². The zero-order valence-corrected chi connectivity index (χ0v) is 17.5. The number of anilines is 1. The largest absolute Gasteiger partial charge is 0.444 e. The van der Waals surface area contributed by atoms with E-state index in [0.29, 0.717) is 12.8 Å². The molecule has 2 aromatic carbocycles. The van der Waals surface area contributed by atoms with Crippen LogP contribution in [0, 0.1) is 0 Å². The smallest absolute Gasteiger partial charge is 0.408 e. The first-order chi connectivity index (χ1) is 13.2. The van der Waals surface area contributed by atoms with E-state index in [1.165, 1.54) is 11.9 Å². The number of carbonyl (C=O) groups is 2. The number of hydrogen-bond acceptors (Lipinski definition) is 4. The SMILES string of the molecule is CSN(C(=O)C1(NC(=O)OC(C)(C)C)CC1)c1ccc(-c2ccccc2)cc1. The van der Waals surface area contributed by atoms with Crippen LogP contribution < -0.4 is 9.62 Å². The monoisotopic (exact) mass is 398 g/mol. The van der Waals surface area contributed by atoms with Crippen molar-refractivity contribution in [1.82, 2.24) is 5.32 Å². The molecule has 0 atom stereocenters. The van der Waals surface area contributed by atoms with Crippen LogP contribution in [0.2, 0.25) is 0 Å². The fourth-order valence-electron chi connectivity index (χ4n) is 2.94. The molecule has 5 nitrogen and oxygen atoms in total. The average Bonchev–Trinajstić information content (AvgIpc) is 3.42. The third-order valence-corrected chi connectivity index (χ3v) is 5.22. The maximum atomic E-state index is 13.1. The molecule has 2 aromatic rings. The molecular weight excluding hydrogens is 372 g/mol. The van der Waals surface area contributed by atoms with E-state index in [1.807, 2.05) is 48.7 Å². The lowest BCUT2D eigenvalue weighted by molar-refractivity contribution is -0.120. The summed E-state index contributed by atoms with van der Waals surface area (Å²) in [4.78, 5) is 25.3. The Balaban J connectivity index is 1.74. The minimum atomic E-state index is -0.872. The molecule has 0 radical (unpaired) electrons. The van der Waals surface area contributed by atoms with Crippen molar-refractivity contribution < 1.29 is 14.3 Å². The number of amides is 2. The third-order valence-electron chi connectivity index (χ3n) is 4.48. The zero-order chi connectivity index (χ0) is 20.4. The highest BCUT2D eigenvalue weighted by molar-refractivity contribution is 8.00. The first-order valence-electron chi connectivity index (χ1n) is 9.29. The highest BCUT2D eigenvalue weighted by Crippen LogP contribution is 2.40. The van der Waals surface area contributed by atoms with Crippen molar-refractivity contribution in [1.29, 1.82) is 0 Å². The van der Waals surface area contributed by atoms with E-state index in [1.54, 1.807) is 25.1 Å². The Labute approximate surface area is 170 Å². The van der Waals surface area contributed by atoms with Gasteiger partial charge >= 0.3 is 6.09 Å². The molecule has 0 aromatic heterocycles. The maximum Gasteiger partial charge on any atom is 0.408 e. The maximum absolute atomic E-state index is 13.1. The van der Waals surface area contributed by atoms with E-state index in [0.717, 1.165) is 16.8 Å². The topological polar surface area (TPSA) is 58.6 Å². The number of alkyl carbamates (subject to hydrolysis) is 1. The first kappa shape index (κ1) is 20.3. The van der Waals surface area contributed by atoms with Crippen molar-refractivity contribution in [2.75, 3.05) is 10.6 Å². The van der Waals surface area contributed by atoms with Crippen molar-refractivity contribution in [2.24, 2.45) is 0 Å². The van der Waals surface area contributed by atoms with Crippen LogP contribution in [-0.2, 0) is 9.53 Å². The number of hydrogen-bond donors (Lipinski definition) is 1. The van der Waals surface area contributed by atoms with Gasteiger partial charge in [0.15, 0.2) is 0 Å². The highest BCUT2D eigenvalue weighted by Gasteiger charge is 2.54. The Hall–Kier alpha value is -2.47. The third kappa shape index (κ3) is 4.68. The summed E-state index contributed by atoms with van der Waals surface area (Å²) in [5.74, 6) is -0.127. The van der Waals surface area contributed by atoms with Crippen LogP contribution in [-0.4, -0.2) is 29.4 Å². The van der Waals surface area contributed by atoms with E-state index >= 15 is 0 Å². The molecule has 0 saturated heterocycles. The Morgan fingerprint density at radius 1 is 1.00 bits per heavy atom. The molecule has 0 bridgehead atoms. The molecule has 28 heavy (non-hydrogen) atoms. The average molecular weight is 399 g/mol. The molecule has 1 fully saturated rings. The second kappa shape index (κ2) is 7.87. The van der Waals surface area contributed by atoms with Gasteiger partial charge in [0, 0.05) is 6.26 Å². The Morgan fingerprint density at radius 2 is 1.57 bits per heavy atom. The van der Waals surface area contributed by atoms with E-state index in [-0.39, 0.29) is 5.91 Å². The summed E-state index contributed by atoms with van der Waals surface area (Å²) in [7, 11) is 0. The van der Waals surface area contributed by atoms with Gasteiger partial charge in [0.05, 0.1) is 5.69 Å². The van der Waals surface area contributed by atoms with Crippen LogP contribution in [0.25, 0.3) is 11.1 Å². The minimum Gasteiger partial charge on any atom is -0.444 e. The van der Waals surface area contributed by atoms with Gasteiger partial charge in [0.1, 0.15) is 11.1 Å². The predicted molar refractivity (Wildman–Crippen MR) is 114 cm³/mol. The predicted octanol–water partition coefficient (Wildman–Crippen LogP) is 5.02. The first-order valence-corrected chi connectivity index (χ1v) is 10.5. The van der Waals surface area contributed by atoms with Crippen molar-refractivity contribution >= 4 is 29.6 Å². The van der Waals surface area contributed by atoms with Gasteiger partial charge < -0.3 is 10.1 Å². The van der Waals surface area contributed by atoms with Gasteiger partial charge in [-0.25, -0.2) is 4.79 Å². The fraction of sp³-hybridized carbons (Fsp3) is 0.364. The van der Waals surface area contributed by atoms with E-state index < -0.39 is 17.2 Å². The van der Waals surface area contributed by atoms with Crippen LogP contribution >= 0.6 is 11.9 Å². The minimum absolute atomic E-state index is 0.127. The van der Waals surface area contributed by atoms with Crippen LogP contribution in [0.5, 0.6) is 0 Å². The van der Waals surface area contributed by atoms with Gasteiger partial charge in [-0.3, -0.25) is 9.10 Å². The quantitative estimate of drug-likeness (QED) is 0.718. The summed E-state index contributed by atoms with van der Waals surface area (Å²) < 4.78 is 6.96. The molecule has 1 aliphatic carbocycles. The Morgan fingerprint density at radius 3 is 2.07 bits per heavy atom. The Kier molecular flexibility index (Phi) is 5.70. The number of carbonyl (C=O) groups excluding carboxylic acids is 2. The molecule has 0 unspecified atom stereocenters. The van der Waals surface area contributed by atoms with Gasteiger partial charge in [-0.05, 0) is 68.8 Å². The molecule has 0 spiro atoms. The summed E-state index contributed by atoms with van der Waals surface area (Å²) >= 11 is 1.33. The van der Waals surface area contributed by atoms with Crippen LogP contribution in [0.4, 0.5) is 10.5 Å². The lowest BCUT2D eigenvalue weighted by atomic mass is 10.1. The van der Waals surface area contributed by atoms with Crippen molar-refractivity contribution in [3.05, 3.63) is 54.6 Å². The second-order valence-electron chi connectivity index (χ2n) is 7.90. The van der Waals surface area contributed by atoms with Gasteiger partial charge in [0.2, 0.25) is 0 Å². The van der Waals surface area contributed by atoms with Crippen molar-refractivity contribution in [3.63, 3.8) is 0 Å². The number of ether oxygens (including phenoxy) is 1. The molecule has 0 heterocycles. The summed E-state index contributed by atoms with van der Waals surface area (Å²) in [6.07, 6.45) is 2.53. The molecule has 148 valence electrons. The lowest BCUT2D eigenvalue weighted by Gasteiger charge is -2.27. The summed E-state index contributed by atoms with van der Waals surface area (Å²) in [6, 6.07) is 18.0. The van der Waals surface area contributed by atoms with Crippen LogP contribution in [0.1, 0.15) is 33.6 Å². The van der Waals surface area contributed by atoms with Gasteiger partial charge in [-0.1, -0.05) is 42.5 Å². The lowest BCUT2D eigenvalue weighted by Crippen LogP contribution is -2.50. The van der Waals surface area contributed by atoms with E-state index in [2.05, 4.69) is 17.4 Å². The van der Waals surface area contributed by atoms with Gasteiger partial charge in [-0.15, -0.1) is 0 Å².